The number of aromatic nitrogens is 5. The number of aliphatic hydroxyl groups excluding tert-OH is 1. The van der Waals surface area contributed by atoms with Gasteiger partial charge in [0.2, 0.25) is 5.82 Å². The Balaban J connectivity index is 0.000000257. The maximum Gasteiger partial charge on any atom is 0.399 e. The number of pyridine rings is 1. The number of benzene rings is 1. The molecule has 1 fully saturated rings. The summed E-state index contributed by atoms with van der Waals surface area (Å²) in [4.78, 5) is 12.4. The molecule has 0 radical (unpaired) electrons. The van der Waals surface area contributed by atoms with Crippen LogP contribution in [0.3, 0.4) is 0 Å². The van der Waals surface area contributed by atoms with Crippen LogP contribution in [-0.2, 0) is 19.6 Å². The lowest BCUT2D eigenvalue weighted by atomic mass is 10.1. The van der Waals surface area contributed by atoms with Gasteiger partial charge in [-0.05, 0) is 74.4 Å². The van der Waals surface area contributed by atoms with E-state index in [1.54, 1.807) is 6.20 Å². The Labute approximate surface area is 222 Å². The number of halogens is 5. The molecule has 3 aromatic heterocycles. The first-order valence-electron chi connectivity index (χ1n) is 11.4. The lowest BCUT2D eigenvalue weighted by molar-refractivity contribution is -0.392. The van der Waals surface area contributed by atoms with E-state index in [4.69, 9.17) is 0 Å². The molecule has 0 bridgehead atoms. The highest BCUT2D eigenvalue weighted by Gasteiger charge is 2.23. The zero-order chi connectivity index (χ0) is 27.4. The molecule has 9 nitrogen and oxygen atoms in total. The molecule has 3 heterocycles. The van der Waals surface area contributed by atoms with Crippen molar-refractivity contribution in [3.05, 3.63) is 97.7 Å². The Hall–Kier alpha value is -3.65. The van der Waals surface area contributed by atoms with E-state index < -0.39 is 35.4 Å². The third-order valence-corrected chi connectivity index (χ3v) is 6.07. The molecule has 0 amide bonds. The van der Waals surface area contributed by atoms with Gasteiger partial charge in [-0.1, -0.05) is 0 Å². The van der Waals surface area contributed by atoms with Crippen LogP contribution in [0, 0.1) is 27.7 Å². The summed E-state index contributed by atoms with van der Waals surface area (Å²) in [5.41, 5.74) is 1.71. The molecule has 0 saturated heterocycles. The van der Waals surface area contributed by atoms with E-state index in [1.165, 1.54) is 48.0 Å². The fourth-order valence-corrected chi connectivity index (χ4v) is 3.99. The predicted octanol–water partition coefficient (Wildman–Crippen LogP) is 5.53. The summed E-state index contributed by atoms with van der Waals surface area (Å²) < 4.78 is 56.1. The van der Waals surface area contributed by atoms with Crippen molar-refractivity contribution in [1.82, 2.24) is 24.5 Å². The molecule has 1 aliphatic carbocycles. The SMILES string of the molecule is O=[N+]([O-])c1ncc(Br)cc1F.OCc1cc(F)ccc1-n1nc(C(F)F)cc1Cc1cnn(CC2CC2)c1. The average Bonchev–Trinajstić information content (AvgIpc) is 3.40. The van der Waals surface area contributed by atoms with Gasteiger partial charge in [-0.15, -0.1) is 0 Å². The Morgan fingerprint density at radius 3 is 2.58 bits per heavy atom. The summed E-state index contributed by atoms with van der Waals surface area (Å²) in [5.74, 6) is -1.52. The number of aliphatic hydroxyl groups is 1. The highest BCUT2D eigenvalue weighted by Crippen LogP contribution is 2.30. The van der Waals surface area contributed by atoms with Gasteiger partial charge in [0, 0.05) is 36.5 Å². The van der Waals surface area contributed by atoms with E-state index in [0.29, 0.717) is 28.2 Å². The molecule has 1 saturated carbocycles. The van der Waals surface area contributed by atoms with Crippen LogP contribution in [0.1, 0.15) is 41.8 Å². The van der Waals surface area contributed by atoms with Gasteiger partial charge in [0.25, 0.3) is 6.43 Å². The van der Waals surface area contributed by atoms with Crippen LogP contribution >= 0.6 is 15.9 Å². The molecule has 0 atom stereocenters. The van der Waals surface area contributed by atoms with Gasteiger partial charge in [-0.3, -0.25) is 4.68 Å². The van der Waals surface area contributed by atoms with Crippen molar-refractivity contribution in [1.29, 1.82) is 0 Å². The maximum atomic E-state index is 13.5. The van der Waals surface area contributed by atoms with Gasteiger partial charge in [0.1, 0.15) is 11.5 Å². The second-order valence-corrected chi connectivity index (χ2v) is 9.53. The van der Waals surface area contributed by atoms with E-state index in [2.05, 4.69) is 31.1 Å². The van der Waals surface area contributed by atoms with E-state index in [1.807, 2.05) is 10.9 Å². The first kappa shape index (κ1) is 27.4. The molecular formula is C24H21BrF4N6O3. The minimum atomic E-state index is -2.72. The van der Waals surface area contributed by atoms with Crippen molar-refractivity contribution < 1.29 is 27.6 Å². The largest absolute Gasteiger partial charge is 0.399 e. The van der Waals surface area contributed by atoms with Crippen LogP contribution < -0.4 is 0 Å². The number of hydrogen-bond acceptors (Lipinski definition) is 6. The van der Waals surface area contributed by atoms with Crippen LogP contribution in [0.25, 0.3) is 5.69 Å². The molecule has 0 spiro atoms. The smallest absolute Gasteiger partial charge is 0.392 e. The fraction of sp³-hybridized carbons (Fsp3) is 0.292. The summed E-state index contributed by atoms with van der Waals surface area (Å²) in [6, 6.07) is 6.16. The van der Waals surface area contributed by atoms with Crippen molar-refractivity contribution in [3.63, 3.8) is 0 Å². The monoisotopic (exact) mass is 596 g/mol. The van der Waals surface area contributed by atoms with E-state index in [9.17, 15) is 32.8 Å². The standard InChI is InChI=1S/C19H19F3N4O.C5H2BrFN2O2/c20-15-3-4-18(14(6-15)11-27)26-16(7-17(24-26)19(21)22)5-13-8-23-25(10-13)9-12-1-2-12;6-3-1-4(7)5(8-2-3)9(10)11/h3-4,6-8,10,12,19,27H,1-2,5,9,11H2;1-2H. The van der Waals surface area contributed by atoms with Crippen LogP contribution in [0.4, 0.5) is 23.4 Å². The first-order chi connectivity index (χ1) is 18.1. The zero-order valence-corrected chi connectivity index (χ0v) is 21.2. The molecular weight excluding hydrogens is 576 g/mol. The zero-order valence-electron chi connectivity index (χ0n) is 19.6. The molecule has 1 aromatic carbocycles. The molecule has 5 rings (SSSR count). The molecule has 4 aromatic rings. The van der Waals surface area contributed by atoms with Gasteiger partial charge in [-0.25, -0.2) is 17.9 Å². The lowest BCUT2D eigenvalue weighted by Gasteiger charge is -2.11. The second-order valence-electron chi connectivity index (χ2n) is 8.61. The average molecular weight is 597 g/mol. The van der Waals surface area contributed by atoms with Crippen LogP contribution in [0.15, 0.2) is 53.4 Å². The van der Waals surface area contributed by atoms with Crippen molar-refractivity contribution in [2.45, 2.75) is 38.8 Å². The number of hydrogen-bond donors (Lipinski definition) is 1. The van der Waals surface area contributed by atoms with Gasteiger partial charge >= 0.3 is 5.82 Å². The van der Waals surface area contributed by atoms with Crippen molar-refractivity contribution in [2.75, 3.05) is 0 Å². The summed E-state index contributed by atoms with van der Waals surface area (Å²) >= 11 is 2.92. The highest BCUT2D eigenvalue weighted by molar-refractivity contribution is 9.10. The fourth-order valence-electron chi connectivity index (χ4n) is 3.68. The molecule has 14 heteroatoms. The van der Waals surface area contributed by atoms with E-state index >= 15 is 0 Å². The van der Waals surface area contributed by atoms with Gasteiger partial charge in [-0.2, -0.15) is 14.6 Å². The number of nitro groups is 1. The van der Waals surface area contributed by atoms with Gasteiger partial charge < -0.3 is 15.2 Å². The Bertz CT molecular complexity index is 1440. The minimum Gasteiger partial charge on any atom is -0.392 e. The van der Waals surface area contributed by atoms with E-state index in [-0.39, 0.29) is 11.3 Å². The number of rotatable bonds is 8. The van der Waals surface area contributed by atoms with Crippen LogP contribution in [0.5, 0.6) is 0 Å². The summed E-state index contributed by atoms with van der Waals surface area (Å²) in [7, 11) is 0. The van der Waals surface area contributed by atoms with Crippen molar-refractivity contribution in [2.24, 2.45) is 5.92 Å². The summed E-state index contributed by atoms with van der Waals surface area (Å²) in [6.45, 7) is 0.448. The predicted molar refractivity (Wildman–Crippen MR) is 131 cm³/mol. The topological polar surface area (TPSA) is 112 Å². The van der Waals surface area contributed by atoms with Gasteiger partial charge in [0.15, 0.2) is 6.20 Å². The summed E-state index contributed by atoms with van der Waals surface area (Å²) in [5, 5.41) is 27.9. The Morgan fingerprint density at radius 1 is 1.18 bits per heavy atom. The number of alkyl halides is 2. The molecule has 0 unspecified atom stereocenters. The molecule has 38 heavy (non-hydrogen) atoms. The van der Waals surface area contributed by atoms with Crippen LogP contribution in [-0.4, -0.2) is 34.6 Å². The normalized spacial score (nSPS) is 12.9. The quantitative estimate of drug-likeness (QED) is 0.163. The second kappa shape index (κ2) is 11.8. The summed E-state index contributed by atoms with van der Waals surface area (Å²) in [6.07, 6.45) is 4.87. The number of nitrogens with zero attached hydrogens (tertiary/aromatic N) is 6. The third-order valence-electron chi connectivity index (χ3n) is 5.64. The third kappa shape index (κ3) is 6.81. The van der Waals surface area contributed by atoms with Crippen molar-refractivity contribution >= 4 is 21.7 Å². The lowest BCUT2D eigenvalue weighted by Crippen LogP contribution is -2.07. The van der Waals surface area contributed by atoms with E-state index in [0.717, 1.165) is 18.2 Å². The van der Waals surface area contributed by atoms with Gasteiger partial charge in [0.05, 0.1) is 23.0 Å². The Kier molecular flexibility index (Phi) is 8.52. The highest BCUT2D eigenvalue weighted by atomic mass is 79.9. The minimum absolute atomic E-state index is 0.282. The molecule has 1 N–H and O–H groups in total. The molecule has 0 aliphatic heterocycles. The van der Waals surface area contributed by atoms with Crippen LogP contribution in [0.2, 0.25) is 0 Å². The molecule has 1 aliphatic rings. The van der Waals surface area contributed by atoms with Crippen molar-refractivity contribution in [3.8, 4) is 5.69 Å². The first-order valence-corrected chi connectivity index (χ1v) is 12.2. The maximum absolute atomic E-state index is 13.5. The Morgan fingerprint density at radius 2 is 1.95 bits per heavy atom. The molecule has 200 valence electrons.